The highest BCUT2D eigenvalue weighted by Gasteiger charge is 2.21. The van der Waals surface area contributed by atoms with Crippen molar-refractivity contribution in [2.75, 3.05) is 0 Å². The van der Waals surface area contributed by atoms with E-state index in [2.05, 4.69) is 0 Å². The molecule has 0 saturated heterocycles. The van der Waals surface area contributed by atoms with Crippen LogP contribution in [0.1, 0.15) is 27.8 Å². The van der Waals surface area contributed by atoms with Gasteiger partial charge in [0.1, 0.15) is 10.6 Å². The van der Waals surface area contributed by atoms with E-state index in [1.807, 2.05) is 26.8 Å². The van der Waals surface area contributed by atoms with E-state index in [-0.39, 0.29) is 15.5 Å². The van der Waals surface area contributed by atoms with Crippen molar-refractivity contribution in [2.45, 2.75) is 43.4 Å². The predicted octanol–water partition coefficient (Wildman–Crippen LogP) is 4.40. The Bertz CT molecular complexity index is 1180. The second-order valence-corrected chi connectivity index (χ2v) is 9.73. The minimum absolute atomic E-state index is 0.0890. The van der Waals surface area contributed by atoms with Crippen LogP contribution in [0.15, 0.2) is 70.5 Å². The number of benzene rings is 3. The summed E-state index contributed by atoms with van der Waals surface area (Å²) in [7, 11) is -4.03. The Morgan fingerprint density at radius 1 is 0.800 bits per heavy atom. The molecule has 158 valence electrons. The Morgan fingerprint density at radius 3 is 1.97 bits per heavy atom. The molecular weight excluding hydrogens is 420 g/mol. The standard InChI is InChI=1S/C23H24O5S2/c1-16-4-10-21(11-5-16)28-30(26,27)23-13-7-18(3)15-20(23)9-8-19-14-17(2)6-12-22(19)29(24)25/h4-7,10-15H,8-9H2,1-3H3,(H,24,25)/p-1. The molecule has 3 aromatic carbocycles. The van der Waals surface area contributed by atoms with Crippen molar-refractivity contribution in [1.29, 1.82) is 0 Å². The molecule has 0 amide bonds. The van der Waals surface area contributed by atoms with E-state index in [0.717, 1.165) is 16.7 Å². The van der Waals surface area contributed by atoms with Crippen LogP contribution in [0, 0.1) is 20.8 Å². The van der Waals surface area contributed by atoms with Crippen LogP contribution in [0.2, 0.25) is 0 Å². The molecule has 0 aliphatic heterocycles. The molecule has 0 spiro atoms. The van der Waals surface area contributed by atoms with Gasteiger partial charge in [-0.3, -0.25) is 4.21 Å². The normalized spacial score (nSPS) is 12.5. The molecule has 30 heavy (non-hydrogen) atoms. The van der Waals surface area contributed by atoms with E-state index >= 15 is 0 Å². The van der Waals surface area contributed by atoms with Gasteiger partial charge in [-0.25, -0.2) is 0 Å². The van der Waals surface area contributed by atoms with Gasteiger partial charge in [0.15, 0.2) is 0 Å². The van der Waals surface area contributed by atoms with Crippen LogP contribution in [0.3, 0.4) is 0 Å². The Kier molecular flexibility index (Phi) is 6.75. The van der Waals surface area contributed by atoms with Crippen molar-refractivity contribution in [1.82, 2.24) is 0 Å². The molecule has 3 rings (SSSR count). The number of hydrogen-bond donors (Lipinski definition) is 0. The summed E-state index contributed by atoms with van der Waals surface area (Å²) in [6.45, 7) is 5.68. The zero-order valence-corrected chi connectivity index (χ0v) is 18.7. The lowest BCUT2D eigenvalue weighted by atomic mass is 10.0. The molecule has 0 saturated carbocycles. The van der Waals surface area contributed by atoms with Crippen molar-refractivity contribution in [3.63, 3.8) is 0 Å². The fraction of sp³-hybridized carbons (Fsp3) is 0.217. The van der Waals surface area contributed by atoms with Crippen LogP contribution in [0.5, 0.6) is 5.75 Å². The Morgan fingerprint density at radius 2 is 1.33 bits per heavy atom. The summed E-state index contributed by atoms with van der Waals surface area (Å²) in [6, 6.07) is 17.0. The fourth-order valence-electron chi connectivity index (χ4n) is 3.25. The number of aryl methyl sites for hydroxylation is 5. The maximum atomic E-state index is 12.9. The highest BCUT2D eigenvalue weighted by molar-refractivity contribution is 7.87. The third kappa shape index (κ3) is 5.36. The van der Waals surface area contributed by atoms with Crippen LogP contribution in [0.25, 0.3) is 0 Å². The number of hydrogen-bond acceptors (Lipinski definition) is 5. The summed E-state index contributed by atoms with van der Waals surface area (Å²) in [4.78, 5) is 0.319. The van der Waals surface area contributed by atoms with Gasteiger partial charge in [-0.1, -0.05) is 53.1 Å². The molecule has 0 aliphatic rings. The maximum Gasteiger partial charge on any atom is 0.339 e. The van der Waals surface area contributed by atoms with E-state index in [4.69, 9.17) is 4.18 Å². The van der Waals surface area contributed by atoms with Gasteiger partial charge in [-0.2, -0.15) is 8.42 Å². The Balaban J connectivity index is 1.92. The van der Waals surface area contributed by atoms with Crippen LogP contribution in [0.4, 0.5) is 0 Å². The highest BCUT2D eigenvalue weighted by Crippen LogP contribution is 2.25. The average Bonchev–Trinajstić information content (AvgIpc) is 2.67. The summed E-state index contributed by atoms with van der Waals surface area (Å²) in [5, 5.41) is 0. The molecule has 3 aromatic rings. The van der Waals surface area contributed by atoms with Crippen molar-refractivity contribution in [3.05, 3.63) is 88.5 Å². The van der Waals surface area contributed by atoms with E-state index in [9.17, 15) is 17.2 Å². The van der Waals surface area contributed by atoms with Crippen molar-refractivity contribution in [2.24, 2.45) is 0 Å². The van der Waals surface area contributed by atoms with Crippen LogP contribution < -0.4 is 4.18 Å². The second-order valence-electron chi connectivity index (χ2n) is 7.31. The van der Waals surface area contributed by atoms with Gasteiger partial charge < -0.3 is 8.74 Å². The molecule has 0 fully saturated rings. The molecule has 1 unspecified atom stereocenters. The topological polar surface area (TPSA) is 83.5 Å². The van der Waals surface area contributed by atoms with E-state index in [0.29, 0.717) is 24.0 Å². The lowest BCUT2D eigenvalue weighted by Gasteiger charge is -2.15. The lowest BCUT2D eigenvalue weighted by molar-refractivity contribution is 0.484. The molecule has 7 heteroatoms. The summed E-state index contributed by atoms with van der Waals surface area (Å²) < 4.78 is 54.3. The Hall–Kier alpha value is -2.48. The molecule has 1 atom stereocenters. The fourth-order valence-corrected chi connectivity index (χ4v) is 4.97. The molecule has 0 aliphatic carbocycles. The summed E-state index contributed by atoms with van der Waals surface area (Å²) in [6.07, 6.45) is 0.753. The van der Waals surface area contributed by atoms with E-state index < -0.39 is 21.2 Å². The number of rotatable bonds is 7. The van der Waals surface area contributed by atoms with Crippen LogP contribution in [-0.2, 0) is 34.0 Å². The third-order valence-corrected chi connectivity index (χ3v) is 6.88. The quantitative estimate of drug-likeness (QED) is 0.399. The van der Waals surface area contributed by atoms with Gasteiger partial charge in [0.05, 0.1) is 0 Å². The van der Waals surface area contributed by atoms with Gasteiger partial charge in [0, 0.05) is 4.90 Å². The maximum absolute atomic E-state index is 12.9. The zero-order valence-electron chi connectivity index (χ0n) is 17.0. The lowest BCUT2D eigenvalue weighted by Crippen LogP contribution is -2.13. The monoisotopic (exact) mass is 443 g/mol. The molecule has 0 radical (unpaired) electrons. The van der Waals surface area contributed by atoms with E-state index in [1.54, 1.807) is 48.5 Å². The van der Waals surface area contributed by atoms with Gasteiger partial charge in [0.25, 0.3) is 0 Å². The molecule has 0 heterocycles. The third-order valence-electron chi connectivity index (χ3n) is 4.77. The predicted molar refractivity (Wildman–Crippen MR) is 116 cm³/mol. The SMILES string of the molecule is Cc1ccc(OS(=O)(=O)c2ccc(C)cc2CCc2cc(C)ccc2S(=O)[O-])cc1. The minimum atomic E-state index is -4.03. The molecular formula is C23H23O5S2-. The first-order chi connectivity index (χ1) is 14.2. The second kappa shape index (κ2) is 9.12. The largest absolute Gasteiger partial charge is 0.768 e. The summed E-state index contributed by atoms with van der Waals surface area (Å²) in [5.41, 5.74) is 4.11. The van der Waals surface area contributed by atoms with Crippen LogP contribution >= 0.6 is 0 Å². The first-order valence-corrected chi connectivity index (χ1v) is 11.9. The summed E-state index contributed by atoms with van der Waals surface area (Å²) >= 11 is -2.35. The van der Waals surface area contributed by atoms with E-state index in [1.165, 1.54) is 6.07 Å². The van der Waals surface area contributed by atoms with Gasteiger partial charge in [0.2, 0.25) is 0 Å². The zero-order chi connectivity index (χ0) is 21.9. The first kappa shape index (κ1) is 22.2. The summed E-state index contributed by atoms with van der Waals surface area (Å²) in [5.74, 6) is 0.245. The van der Waals surface area contributed by atoms with Gasteiger partial charge in [-0.15, -0.1) is 0 Å². The highest BCUT2D eigenvalue weighted by atomic mass is 32.2. The minimum Gasteiger partial charge on any atom is -0.768 e. The van der Waals surface area contributed by atoms with Crippen molar-refractivity contribution in [3.8, 4) is 5.75 Å². The Labute approximate surface area is 180 Å². The van der Waals surface area contributed by atoms with Crippen LogP contribution in [-0.4, -0.2) is 17.2 Å². The van der Waals surface area contributed by atoms with Gasteiger partial charge in [-0.05, 0) is 80.1 Å². The first-order valence-electron chi connectivity index (χ1n) is 9.45. The molecule has 0 bridgehead atoms. The van der Waals surface area contributed by atoms with Crippen molar-refractivity contribution >= 4 is 21.2 Å². The average molecular weight is 444 g/mol. The van der Waals surface area contributed by atoms with Crippen molar-refractivity contribution < 1.29 is 21.4 Å². The molecule has 0 N–H and O–H groups in total. The molecule has 5 nitrogen and oxygen atoms in total. The van der Waals surface area contributed by atoms with Gasteiger partial charge >= 0.3 is 10.1 Å². The smallest absolute Gasteiger partial charge is 0.339 e. The molecule has 0 aromatic heterocycles.